The number of aryl methyl sites for hydroxylation is 2. The molecule has 32 heavy (non-hydrogen) atoms. The fraction of sp³-hybridized carbons (Fsp3) is 0.333. The van der Waals surface area contributed by atoms with Gasteiger partial charge in [0.2, 0.25) is 5.91 Å². The summed E-state index contributed by atoms with van der Waals surface area (Å²) in [6.45, 7) is 5.53. The summed E-state index contributed by atoms with van der Waals surface area (Å²) >= 11 is 1.40. The maximum absolute atomic E-state index is 15.2. The number of thiazole rings is 1. The van der Waals surface area contributed by atoms with Crippen LogP contribution < -0.4 is 5.32 Å². The maximum atomic E-state index is 15.2. The SMILES string of the molecule is CC/C=C(\C=NC)c1nn(-c2ccc(CC)cc2F)c2c1CCc1nc(NC(C)=O)sc1-2. The zero-order valence-electron chi connectivity index (χ0n) is 18.7. The highest BCUT2D eigenvalue weighted by Gasteiger charge is 2.30. The van der Waals surface area contributed by atoms with Crippen molar-refractivity contribution in [1.82, 2.24) is 14.8 Å². The molecule has 0 fully saturated rings. The second kappa shape index (κ2) is 9.16. The third-order valence-electron chi connectivity index (χ3n) is 5.40. The van der Waals surface area contributed by atoms with Crippen LogP contribution in [0.2, 0.25) is 0 Å². The second-order valence-corrected chi connectivity index (χ2v) is 8.66. The van der Waals surface area contributed by atoms with Crippen molar-refractivity contribution in [1.29, 1.82) is 0 Å². The van der Waals surface area contributed by atoms with Gasteiger partial charge in [-0.05, 0) is 43.4 Å². The van der Waals surface area contributed by atoms with Crippen LogP contribution in [0.15, 0.2) is 29.3 Å². The highest BCUT2D eigenvalue weighted by molar-refractivity contribution is 7.19. The molecule has 4 rings (SSSR count). The minimum atomic E-state index is -0.315. The lowest BCUT2D eigenvalue weighted by Gasteiger charge is -2.15. The van der Waals surface area contributed by atoms with Crippen molar-refractivity contribution >= 4 is 34.2 Å². The molecular weight excluding hydrogens is 425 g/mol. The van der Waals surface area contributed by atoms with Crippen molar-refractivity contribution in [2.45, 2.75) is 46.5 Å². The van der Waals surface area contributed by atoms with Crippen LogP contribution >= 0.6 is 11.3 Å². The molecule has 0 bridgehead atoms. The lowest BCUT2D eigenvalue weighted by molar-refractivity contribution is -0.114. The highest BCUT2D eigenvalue weighted by atomic mass is 32.1. The predicted octanol–water partition coefficient (Wildman–Crippen LogP) is 5.25. The Bertz CT molecular complexity index is 1240. The first-order valence-corrected chi connectivity index (χ1v) is 11.6. The summed E-state index contributed by atoms with van der Waals surface area (Å²) in [6.07, 6.45) is 6.95. The number of fused-ring (bicyclic) bond motifs is 3. The summed E-state index contributed by atoms with van der Waals surface area (Å²) in [5.74, 6) is -0.482. The number of aliphatic imine (C=N–C) groups is 1. The van der Waals surface area contributed by atoms with E-state index in [-0.39, 0.29) is 11.7 Å². The van der Waals surface area contributed by atoms with Crippen LogP contribution in [0.25, 0.3) is 21.8 Å². The Morgan fingerprint density at radius 2 is 2.16 bits per heavy atom. The van der Waals surface area contributed by atoms with E-state index in [0.717, 1.165) is 64.3 Å². The standard InChI is InChI=1S/C24H26FN5OS/c1-5-7-16(13-26-4)21-17-9-10-19-23(32-24(28-19)27-14(3)31)22(17)30(29-21)20-11-8-15(6-2)12-18(20)25/h7-8,11-13H,5-6,9-10H2,1-4H3,(H,27,28,31)/b16-7+,26-13?. The van der Waals surface area contributed by atoms with Crippen LogP contribution in [0.4, 0.5) is 9.52 Å². The number of nitrogens with one attached hydrogen (secondary N) is 1. The molecule has 3 aromatic rings. The van der Waals surface area contributed by atoms with Gasteiger partial charge in [0, 0.05) is 31.3 Å². The molecule has 6 nitrogen and oxygen atoms in total. The Hall–Kier alpha value is -3.13. The van der Waals surface area contributed by atoms with Crippen LogP contribution in [0.5, 0.6) is 0 Å². The summed E-state index contributed by atoms with van der Waals surface area (Å²) in [7, 11) is 1.73. The number of anilines is 1. The van der Waals surface area contributed by atoms with Crippen molar-refractivity contribution in [2.75, 3.05) is 12.4 Å². The molecule has 2 aromatic heterocycles. The Morgan fingerprint density at radius 1 is 1.34 bits per heavy atom. The zero-order valence-corrected chi connectivity index (χ0v) is 19.5. The summed E-state index contributed by atoms with van der Waals surface area (Å²) < 4.78 is 16.9. The molecule has 0 saturated heterocycles. The van der Waals surface area contributed by atoms with Gasteiger partial charge in [-0.1, -0.05) is 37.3 Å². The minimum Gasteiger partial charge on any atom is -0.302 e. The van der Waals surface area contributed by atoms with Gasteiger partial charge in [0.1, 0.15) is 11.5 Å². The number of halogens is 1. The molecule has 8 heteroatoms. The van der Waals surface area contributed by atoms with Crippen molar-refractivity contribution in [2.24, 2.45) is 4.99 Å². The lowest BCUT2D eigenvalue weighted by atomic mass is 9.95. The molecule has 1 N–H and O–H groups in total. The van der Waals surface area contributed by atoms with Crippen LogP contribution in [0.1, 0.15) is 49.7 Å². The Labute approximate surface area is 190 Å². The van der Waals surface area contributed by atoms with E-state index in [9.17, 15) is 4.79 Å². The number of hydrogen-bond acceptors (Lipinski definition) is 5. The van der Waals surface area contributed by atoms with Crippen LogP contribution in [-0.4, -0.2) is 33.9 Å². The van der Waals surface area contributed by atoms with E-state index in [1.807, 2.05) is 13.0 Å². The van der Waals surface area contributed by atoms with Gasteiger partial charge in [-0.25, -0.2) is 14.1 Å². The monoisotopic (exact) mass is 451 g/mol. The lowest BCUT2D eigenvalue weighted by Crippen LogP contribution is -2.08. The van der Waals surface area contributed by atoms with Crippen LogP contribution in [-0.2, 0) is 24.1 Å². The number of carbonyl (C=O) groups is 1. The second-order valence-electron chi connectivity index (χ2n) is 7.66. The minimum absolute atomic E-state index is 0.168. The van der Waals surface area contributed by atoms with Gasteiger partial charge >= 0.3 is 0 Å². The molecule has 1 aromatic carbocycles. The molecule has 0 unspecified atom stereocenters. The largest absolute Gasteiger partial charge is 0.302 e. The molecule has 0 saturated carbocycles. The van der Waals surface area contributed by atoms with Gasteiger partial charge in [0.15, 0.2) is 5.13 Å². The third-order valence-corrected chi connectivity index (χ3v) is 6.42. The average molecular weight is 452 g/mol. The fourth-order valence-corrected chi connectivity index (χ4v) is 5.11. The van der Waals surface area contributed by atoms with E-state index in [4.69, 9.17) is 5.10 Å². The Morgan fingerprint density at radius 3 is 2.81 bits per heavy atom. The number of rotatable bonds is 6. The van der Waals surface area contributed by atoms with E-state index in [1.54, 1.807) is 30.1 Å². The molecule has 1 amide bonds. The zero-order chi connectivity index (χ0) is 22.8. The van der Waals surface area contributed by atoms with E-state index < -0.39 is 0 Å². The van der Waals surface area contributed by atoms with Crippen molar-refractivity contribution in [3.05, 3.63) is 52.6 Å². The van der Waals surface area contributed by atoms with Crippen molar-refractivity contribution in [3.63, 3.8) is 0 Å². The molecule has 2 heterocycles. The summed E-state index contributed by atoms with van der Waals surface area (Å²) in [6, 6.07) is 5.28. The Balaban J connectivity index is 1.97. The molecule has 0 radical (unpaired) electrons. The number of allylic oxidation sites excluding steroid dienone is 2. The third kappa shape index (κ3) is 4.02. The predicted molar refractivity (Wildman–Crippen MR) is 128 cm³/mol. The van der Waals surface area contributed by atoms with E-state index in [0.29, 0.717) is 10.8 Å². The van der Waals surface area contributed by atoms with Crippen LogP contribution in [0.3, 0.4) is 0 Å². The van der Waals surface area contributed by atoms with Crippen LogP contribution in [0, 0.1) is 5.82 Å². The number of carbonyl (C=O) groups excluding carboxylic acids is 1. The molecule has 0 aliphatic heterocycles. The number of nitrogens with zero attached hydrogens (tertiary/aromatic N) is 4. The summed E-state index contributed by atoms with van der Waals surface area (Å²) in [4.78, 5) is 21.3. The first kappa shape index (κ1) is 22.1. The van der Waals surface area contributed by atoms with Gasteiger partial charge in [-0.15, -0.1) is 0 Å². The van der Waals surface area contributed by atoms with Gasteiger partial charge < -0.3 is 5.32 Å². The summed E-state index contributed by atoms with van der Waals surface area (Å²) in [5.41, 5.74) is 5.85. The van der Waals surface area contributed by atoms with Crippen molar-refractivity contribution in [3.8, 4) is 16.3 Å². The average Bonchev–Trinajstić information content (AvgIpc) is 3.33. The molecule has 1 aliphatic carbocycles. The molecule has 0 spiro atoms. The van der Waals surface area contributed by atoms with E-state index in [1.165, 1.54) is 18.3 Å². The molecule has 166 valence electrons. The summed E-state index contributed by atoms with van der Waals surface area (Å²) in [5, 5.41) is 8.22. The number of amides is 1. The van der Waals surface area contributed by atoms with E-state index in [2.05, 4.69) is 28.3 Å². The topological polar surface area (TPSA) is 72.2 Å². The number of hydrogen-bond donors (Lipinski definition) is 1. The van der Waals surface area contributed by atoms with Gasteiger partial charge in [-0.3, -0.25) is 9.79 Å². The molecule has 0 atom stereocenters. The fourth-order valence-electron chi connectivity index (χ4n) is 3.99. The Kier molecular flexibility index (Phi) is 6.32. The maximum Gasteiger partial charge on any atom is 0.223 e. The first-order valence-electron chi connectivity index (χ1n) is 10.8. The first-order chi connectivity index (χ1) is 15.5. The smallest absolute Gasteiger partial charge is 0.223 e. The highest BCUT2D eigenvalue weighted by Crippen LogP contribution is 2.43. The van der Waals surface area contributed by atoms with Gasteiger partial charge in [0.25, 0.3) is 0 Å². The number of benzene rings is 1. The van der Waals surface area contributed by atoms with Crippen molar-refractivity contribution < 1.29 is 9.18 Å². The molecular formula is C24H26FN5OS. The van der Waals surface area contributed by atoms with Gasteiger partial charge in [0.05, 0.1) is 22.0 Å². The van der Waals surface area contributed by atoms with E-state index >= 15 is 4.39 Å². The quantitative estimate of drug-likeness (QED) is 0.521. The molecule has 1 aliphatic rings. The normalized spacial score (nSPS) is 13.3. The van der Waals surface area contributed by atoms with Gasteiger partial charge in [-0.2, -0.15) is 5.10 Å². The number of aromatic nitrogens is 3.